The first-order valence-electron chi connectivity index (χ1n) is 11.9. The molecule has 0 fully saturated rings. The molecule has 2 N–H and O–H groups in total. The molecule has 0 bridgehead atoms. The average molecular weight is 672 g/mol. The summed E-state index contributed by atoms with van der Waals surface area (Å²) in [6.45, 7) is 22.4. The third kappa shape index (κ3) is 3.58. The number of phenols is 2. The van der Waals surface area contributed by atoms with Gasteiger partial charge in [-0.1, -0.05) is 81.4 Å². The van der Waals surface area contributed by atoms with E-state index in [9.17, 15) is 10.2 Å². The first-order valence-corrected chi connectivity index (χ1v) is 14.1. The predicted octanol–water partition coefficient (Wildman–Crippen LogP) is 8.55. The molecule has 1 spiro atoms. The average Bonchev–Trinajstić information content (AvgIpc) is 2.97. The molecule has 0 amide bonds. The van der Waals surface area contributed by atoms with E-state index in [1.807, 2.05) is 0 Å². The van der Waals surface area contributed by atoms with Gasteiger partial charge in [-0.15, -0.1) is 0 Å². The van der Waals surface area contributed by atoms with Crippen LogP contribution in [-0.2, 0) is 27.1 Å². The summed E-state index contributed by atoms with van der Waals surface area (Å²) in [6, 6.07) is 4.56. The van der Waals surface area contributed by atoms with Crippen molar-refractivity contribution in [3.8, 4) is 11.5 Å². The zero-order chi connectivity index (χ0) is 25.1. The van der Waals surface area contributed by atoms with Crippen LogP contribution in [0.2, 0.25) is 0 Å². The maximum Gasteiger partial charge on any atom is 0.132 e. The van der Waals surface area contributed by atoms with Crippen LogP contribution in [0.4, 0.5) is 0 Å². The summed E-state index contributed by atoms with van der Waals surface area (Å²) < 4.78 is 1.97. The van der Waals surface area contributed by atoms with Gasteiger partial charge in [0.25, 0.3) is 0 Å². The number of hydrogen-bond donors (Lipinski definition) is 2. The molecule has 0 radical (unpaired) electrons. The summed E-state index contributed by atoms with van der Waals surface area (Å²) in [5, 5.41) is 22.8. The number of phenolic OH excluding ortho intramolecular Hbond substituents is 2. The lowest BCUT2D eigenvalue weighted by Gasteiger charge is -2.32. The van der Waals surface area contributed by atoms with Crippen molar-refractivity contribution < 1.29 is 10.2 Å². The number of benzene rings is 2. The van der Waals surface area contributed by atoms with Gasteiger partial charge in [-0.3, -0.25) is 0 Å². The Morgan fingerprint density at radius 1 is 0.667 bits per heavy atom. The Hall–Kier alpha value is -0.500. The molecule has 180 valence electrons. The summed E-state index contributed by atoms with van der Waals surface area (Å²) in [6.07, 6.45) is 1.97. The Morgan fingerprint density at radius 3 is 1.24 bits per heavy atom. The van der Waals surface area contributed by atoms with Crippen molar-refractivity contribution in [2.45, 2.75) is 109 Å². The highest BCUT2D eigenvalue weighted by atomic mass is 127. The lowest BCUT2D eigenvalue weighted by Crippen LogP contribution is -2.28. The normalized spacial score (nSPS) is 20.2. The van der Waals surface area contributed by atoms with E-state index in [4.69, 9.17) is 0 Å². The molecule has 0 aliphatic heterocycles. The van der Waals surface area contributed by atoms with Crippen LogP contribution in [-0.4, -0.2) is 10.2 Å². The van der Waals surface area contributed by atoms with E-state index >= 15 is 0 Å². The third-order valence-electron chi connectivity index (χ3n) is 8.00. The van der Waals surface area contributed by atoms with E-state index in [-0.39, 0.29) is 27.1 Å². The Bertz CT molecular complexity index is 1080. The lowest BCUT2D eigenvalue weighted by molar-refractivity contribution is 0.347. The minimum atomic E-state index is -0.216. The molecular formula is C29H38I2O2. The molecule has 0 unspecified atom stereocenters. The monoisotopic (exact) mass is 672 g/mol. The second-order valence-electron chi connectivity index (χ2n) is 13.7. The number of halogens is 2. The van der Waals surface area contributed by atoms with Crippen molar-refractivity contribution in [1.29, 1.82) is 0 Å². The summed E-state index contributed by atoms with van der Waals surface area (Å²) >= 11 is 4.78. The van der Waals surface area contributed by atoms with Crippen LogP contribution in [0, 0.1) is 7.14 Å². The van der Waals surface area contributed by atoms with E-state index in [0.29, 0.717) is 11.5 Å². The maximum absolute atomic E-state index is 11.4. The summed E-state index contributed by atoms with van der Waals surface area (Å²) in [5.41, 5.74) is 6.79. The first-order chi connectivity index (χ1) is 14.8. The number of aromatic hydroxyl groups is 2. The van der Waals surface area contributed by atoms with Gasteiger partial charge in [-0.2, -0.15) is 0 Å². The van der Waals surface area contributed by atoms with Crippen molar-refractivity contribution in [3.05, 3.63) is 52.7 Å². The van der Waals surface area contributed by atoms with Gasteiger partial charge in [0.1, 0.15) is 11.5 Å². The molecule has 0 atom stereocenters. The van der Waals surface area contributed by atoms with E-state index in [1.54, 1.807) is 0 Å². The molecule has 0 saturated heterocycles. The van der Waals surface area contributed by atoms with Gasteiger partial charge >= 0.3 is 0 Å². The minimum Gasteiger partial charge on any atom is -0.507 e. The van der Waals surface area contributed by atoms with Crippen LogP contribution in [0.5, 0.6) is 11.5 Å². The van der Waals surface area contributed by atoms with Crippen molar-refractivity contribution >= 4 is 45.2 Å². The quantitative estimate of drug-likeness (QED) is 0.276. The van der Waals surface area contributed by atoms with Crippen molar-refractivity contribution in [2.75, 3.05) is 0 Å². The topological polar surface area (TPSA) is 40.5 Å². The first kappa shape index (κ1) is 25.6. The van der Waals surface area contributed by atoms with E-state index in [1.165, 1.54) is 22.3 Å². The van der Waals surface area contributed by atoms with Crippen LogP contribution < -0.4 is 0 Å². The zero-order valence-corrected chi connectivity index (χ0v) is 26.0. The van der Waals surface area contributed by atoms with Gasteiger partial charge in [0.15, 0.2) is 0 Å². The molecule has 0 aromatic heterocycles. The fourth-order valence-electron chi connectivity index (χ4n) is 6.67. The number of hydrogen-bond acceptors (Lipinski definition) is 2. The Balaban J connectivity index is 2.13. The molecule has 4 rings (SSSR count). The summed E-state index contributed by atoms with van der Waals surface area (Å²) in [7, 11) is 0. The van der Waals surface area contributed by atoms with E-state index in [0.717, 1.165) is 31.1 Å². The fraction of sp³-hybridized carbons (Fsp3) is 0.586. The van der Waals surface area contributed by atoms with Crippen LogP contribution >= 0.6 is 45.2 Å². The number of rotatable bonds is 0. The highest BCUT2D eigenvalue weighted by Gasteiger charge is 2.59. The SMILES string of the molecule is CC(C)(C)c1cc2c(c(I)c1O)C1(CC2(C)C)CC(C)(C)c2cc(C(C)(C)C)c(O)c(I)c21. The third-order valence-corrected chi connectivity index (χ3v) is 10.1. The van der Waals surface area contributed by atoms with E-state index < -0.39 is 0 Å². The van der Waals surface area contributed by atoms with Gasteiger partial charge in [0.05, 0.1) is 7.14 Å². The largest absolute Gasteiger partial charge is 0.507 e. The molecule has 2 aromatic carbocycles. The maximum atomic E-state index is 11.4. The van der Waals surface area contributed by atoms with Gasteiger partial charge in [0, 0.05) is 16.5 Å². The van der Waals surface area contributed by atoms with Crippen LogP contribution in [0.1, 0.15) is 115 Å². The molecule has 0 saturated carbocycles. The molecule has 0 heterocycles. The predicted molar refractivity (Wildman–Crippen MR) is 155 cm³/mol. The van der Waals surface area contributed by atoms with Gasteiger partial charge < -0.3 is 10.2 Å². The molecule has 2 nitrogen and oxygen atoms in total. The standard InChI is InChI=1S/C29H38I2O2/c1-25(2,3)17-11-15-19(21(30)23(17)32)29(13-27(15,7)8)14-28(9,10)16-12-18(26(4,5)6)24(33)22(31)20(16)29/h11-12,32-33H,13-14H2,1-10H3. The smallest absolute Gasteiger partial charge is 0.132 e. The van der Waals surface area contributed by atoms with Gasteiger partial charge in [-0.05, 0) is 102 Å². The molecule has 2 aliphatic rings. The Labute approximate surface area is 227 Å². The molecule has 33 heavy (non-hydrogen) atoms. The van der Waals surface area contributed by atoms with Crippen LogP contribution in [0.15, 0.2) is 12.1 Å². The lowest BCUT2D eigenvalue weighted by atomic mass is 9.72. The highest BCUT2D eigenvalue weighted by Crippen LogP contribution is 2.66. The van der Waals surface area contributed by atoms with Crippen LogP contribution in [0.3, 0.4) is 0 Å². The second-order valence-corrected chi connectivity index (χ2v) is 15.9. The highest BCUT2D eigenvalue weighted by molar-refractivity contribution is 14.1. The summed E-state index contributed by atoms with van der Waals surface area (Å²) in [4.78, 5) is 0. The number of fused-ring (bicyclic) bond motifs is 4. The molecule has 4 heteroatoms. The Morgan fingerprint density at radius 2 is 0.970 bits per heavy atom. The minimum absolute atomic E-state index is 0.0258. The van der Waals surface area contributed by atoms with Crippen molar-refractivity contribution in [2.24, 2.45) is 0 Å². The Kier molecular flexibility index (Phi) is 5.64. The van der Waals surface area contributed by atoms with Crippen molar-refractivity contribution in [1.82, 2.24) is 0 Å². The van der Waals surface area contributed by atoms with Crippen molar-refractivity contribution in [3.63, 3.8) is 0 Å². The second kappa shape index (κ2) is 7.27. The molecular weight excluding hydrogens is 634 g/mol. The van der Waals surface area contributed by atoms with Gasteiger partial charge in [0.2, 0.25) is 0 Å². The molecule has 2 aromatic rings. The van der Waals surface area contributed by atoms with Crippen LogP contribution in [0.25, 0.3) is 0 Å². The fourth-order valence-corrected chi connectivity index (χ4v) is 8.86. The van der Waals surface area contributed by atoms with Gasteiger partial charge in [-0.25, -0.2) is 0 Å². The van der Waals surface area contributed by atoms with E-state index in [2.05, 4.69) is 127 Å². The summed E-state index contributed by atoms with van der Waals surface area (Å²) in [5.74, 6) is 0.853. The zero-order valence-electron chi connectivity index (χ0n) is 21.7. The molecule has 2 aliphatic carbocycles.